The van der Waals surface area contributed by atoms with E-state index in [2.05, 4.69) is 60.4 Å². The third-order valence-corrected chi connectivity index (χ3v) is 1.66. The van der Waals surface area contributed by atoms with Gasteiger partial charge < -0.3 is 0 Å². The molecule has 70 valence electrons. The summed E-state index contributed by atoms with van der Waals surface area (Å²) in [7, 11) is 0. The van der Waals surface area contributed by atoms with Crippen LogP contribution < -0.4 is 0 Å². The molecule has 0 aliphatic carbocycles. The summed E-state index contributed by atoms with van der Waals surface area (Å²) in [6.45, 7) is 0. The quantitative estimate of drug-likeness (QED) is 0.715. The highest BCUT2D eigenvalue weighted by molar-refractivity contribution is 7.59. The average molecular weight is 215 g/mol. The molecule has 3 heteroatoms. The molecule has 13 heavy (non-hydrogen) atoms. The van der Waals surface area contributed by atoms with Gasteiger partial charge in [-0.2, -0.15) is 13.5 Å². The van der Waals surface area contributed by atoms with E-state index in [1.807, 2.05) is 0 Å². The Hall–Kier alpha value is -0.700. The molecule has 0 aromatic heterocycles. The highest BCUT2D eigenvalue weighted by atomic mass is 35.5. The van der Waals surface area contributed by atoms with Gasteiger partial charge in [0.05, 0.1) is 11.9 Å². The number of fused-ring (bicyclic) bond motifs is 1. The van der Waals surface area contributed by atoms with E-state index >= 15 is 0 Å². The SMILES string of the molecule is OCl.S.c1ccc2ccccc2c1. The molecule has 0 aliphatic heterocycles. The first kappa shape index (κ1) is 12.3. The molecule has 0 amide bonds. The highest BCUT2D eigenvalue weighted by Gasteiger charge is 1.85. The van der Waals surface area contributed by atoms with Gasteiger partial charge in [0.15, 0.2) is 0 Å². The molecule has 0 fully saturated rings. The number of rotatable bonds is 0. The largest absolute Gasteiger partial charge is 0.295 e. The van der Waals surface area contributed by atoms with Crippen molar-refractivity contribution in [3.8, 4) is 0 Å². The molecule has 2 rings (SSSR count). The highest BCUT2D eigenvalue weighted by Crippen LogP contribution is 2.11. The van der Waals surface area contributed by atoms with Gasteiger partial charge in [-0.05, 0) is 10.8 Å². The summed E-state index contributed by atoms with van der Waals surface area (Å²) in [4.78, 5) is 0. The van der Waals surface area contributed by atoms with Crippen LogP contribution in [0.25, 0.3) is 10.8 Å². The summed E-state index contributed by atoms with van der Waals surface area (Å²) in [6, 6.07) is 16.7. The van der Waals surface area contributed by atoms with Crippen molar-refractivity contribution in [3.05, 3.63) is 48.5 Å². The lowest BCUT2D eigenvalue weighted by Gasteiger charge is -1.92. The van der Waals surface area contributed by atoms with Crippen LogP contribution in [0.3, 0.4) is 0 Å². The first-order valence-corrected chi connectivity index (χ1v) is 3.91. The lowest BCUT2D eigenvalue weighted by molar-refractivity contribution is 0.632. The molecule has 2 aromatic carbocycles. The molecule has 1 N–H and O–H groups in total. The Morgan fingerprint density at radius 1 is 0.692 bits per heavy atom. The Labute approximate surface area is 89.6 Å². The molecule has 0 heterocycles. The van der Waals surface area contributed by atoms with E-state index in [4.69, 9.17) is 4.66 Å². The lowest BCUT2D eigenvalue weighted by atomic mass is 10.1. The molecule has 0 saturated carbocycles. The molecule has 2 aromatic rings. The standard InChI is InChI=1S/C10H8.ClHO.H2S/c1-2-6-10-8-4-3-7-9(10)5-1;1-2;/h1-8H;2H;1H2. The summed E-state index contributed by atoms with van der Waals surface area (Å²) >= 11 is 3.64. The van der Waals surface area contributed by atoms with Gasteiger partial charge in [-0.15, -0.1) is 0 Å². The fraction of sp³-hybridized carbons (Fsp3) is 0. The summed E-state index contributed by atoms with van der Waals surface area (Å²) in [5.41, 5.74) is 0. The van der Waals surface area contributed by atoms with Gasteiger partial charge in [0, 0.05) is 0 Å². The Bertz CT molecular complexity index is 286. The summed E-state index contributed by atoms with van der Waals surface area (Å²) in [5, 5.41) is 2.62. The number of hydrogen-bond acceptors (Lipinski definition) is 1. The fourth-order valence-corrected chi connectivity index (χ4v) is 1.13. The number of benzene rings is 2. The summed E-state index contributed by atoms with van der Waals surface area (Å²) < 4.78 is 6.47. The number of hydrogen-bond donors (Lipinski definition) is 1. The molecular formula is C10H11ClOS. The number of halogens is 1. The van der Waals surface area contributed by atoms with E-state index in [1.165, 1.54) is 10.8 Å². The molecule has 0 atom stereocenters. The average Bonchev–Trinajstić information content (AvgIpc) is 2.21. The van der Waals surface area contributed by atoms with Crippen LogP contribution in [-0.4, -0.2) is 4.66 Å². The van der Waals surface area contributed by atoms with Crippen LogP contribution in [-0.2, 0) is 0 Å². The van der Waals surface area contributed by atoms with Crippen molar-refractivity contribution < 1.29 is 4.66 Å². The molecule has 0 saturated heterocycles. The maximum Gasteiger partial charge on any atom is 0.0579 e. The van der Waals surface area contributed by atoms with Crippen LogP contribution in [0.2, 0.25) is 0 Å². The van der Waals surface area contributed by atoms with E-state index in [9.17, 15) is 0 Å². The van der Waals surface area contributed by atoms with Crippen LogP contribution in [0.5, 0.6) is 0 Å². The van der Waals surface area contributed by atoms with Crippen molar-refractivity contribution in [3.63, 3.8) is 0 Å². The minimum Gasteiger partial charge on any atom is -0.295 e. The van der Waals surface area contributed by atoms with Gasteiger partial charge in [-0.1, -0.05) is 48.5 Å². The van der Waals surface area contributed by atoms with Crippen molar-refractivity contribution >= 4 is 36.1 Å². The third-order valence-electron chi connectivity index (χ3n) is 1.66. The normalized spacial score (nSPS) is 8.15. The molecule has 0 radical (unpaired) electrons. The van der Waals surface area contributed by atoms with Crippen molar-refractivity contribution in [2.75, 3.05) is 0 Å². The van der Waals surface area contributed by atoms with Crippen LogP contribution in [0.1, 0.15) is 0 Å². The maximum atomic E-state index is 6.47. The maximum absolute atomic E-state index is 6.47. The van der Waals surface area contributed by atoms with Gasteiger partial charge in [-0.3, -0.25) is 4.66 Å². The minimum absolute atomic E-state index is 0. The predicted molar refractivity (Wildman–Crippen MR) is 62.4 cm³/mol. The molecule has 0 aliphatic rings. The van der Waals surface area contributed by atoms with Gasteiger partial charge >= 0.3 is 0 Å². The van der Waals surface area contributed by atoms with E-state index in [0.29, 0.717) is 0 Å². The zero-order valence-electron chi connectivity index (χ0n) is 6.94. The van der Waals surface area contributed by atoms with Gasteiger partial charge in [0.1, 0.15) is 0 Å². The lowest BCUT2D eigenvalue weighted by Crippen LogP contribution is -1.67. The zero-order valence-corrected chi connectivity index (χ0v) is 8.70. The zero-order chi connectivity index (χ0) is 8.81. The Morgan fingerprint density at radius 3 is 1.15 bits per heavy atom. The van der Waals surface area contributed by atoms with Crippen molar-refractivity contribution in [1.82, 2.24) is 0 Å². The summed E-state index contributed by atoms with van der Waals surface area (Å²) in [5.74, 6) is 0. The fourth-order valence-electron chi connectivity index (χ4n) is 1.13. The van der Waals surface area contributed by atoms with Crippen molar-refractivity contribution in [1.29, 1.82) is 0 Å². The van der Waals surface area contributed by atoms with E-state index < -0.39 is 0 Å². The smallest absolute Gasteiger partial charge is 0.0579 e. The van der Waals surface area contributed by atoms with Crippen LogP contribution >= 0.6 is 25.4 Å². The summed E-state index contributed by atoms with van der Waals surface area (Å²) in [6.07, 6.45) is 0. The first-order chi connectivity index (χ1) is 5.97. The molecule has 0 spiro atoms. The Morgan fingerprint density at radius 2 is 0.923 bits per heavy atom. The minimum atomic E-state index is 0. The second-order valence-electron chi connectivity index (χ2n) is 2.35. The first-order valence-electron chi connectivity index (χ1n) is 3.57. The van der Waals surface area contributed by atoms with Crippen LogP contribution in [0.15, 0.2) is 48.5 Å². The van der Waals surface area contributed by atoms with E-state index in [-0.39, 0.29) is 13.5 Å². The van der Waals surface area contributed by atoms with Gasteiger partial charge in [0.25, 0.3) is 0 Å². The van der Waals surface area contributed by atoms with Gasteiger partial charge in [-0.25, -0.2) is 0 Å². The van der Waals surface area contributed by atoms with E-state index in [0.717, 1.165) is 0 Å². The van der Waals surface area contributed by atoms with Crippen LogP contribution in [0, 0.1) is 0 Å². The van der Waals surface area contributed by atoms with Crippen molar-refractivity contribution in [2.24, 2.45) is 0 Å². The second kappa shape index (κ2) is 6.78. The third kappa shape index (κ3) is 3.27. The second-order valence-corrected chi connectivity index (χ2v) is 2.35. The van der Waals surface area contributed by atoms with Crippen LogP contribution in [0.4, 0.5) is 0 Å². The van der Waals surface area contributed by atoms with Gasteiger partial charge in [0.2, 0.25) is 0 Å². The van der Waals surface area contributed by atoms with Crippen molar-refractivity contribution in [2.45, 2.75) is 0 Å². The molecule has 0 unspecified atom stereocenters. The molecule has 1 nitrogen and oxygen atoms in total. The Kier molecular flexibility index (Phi) is 6.41. The monoisotopic (exact) mass is 214 g/mol. The molecule has 0 bridgehead atoms. The predicted octanol–water partition coefficient (Wildman–Crippen LogP) is 3.09. The molecular weight excluding hydrogens is 204 g/mol. The van der Waals surface area contributed by atoms with E-state index in [1.54, 1.807) is 0 Å². The topological polar surface area (TPSA) is 20.2 Å². The Balaban J connectivity index is 0.000000451.